The molecule has 4 rings (SSSR count). The second-order valence-corrected chi connectivity index (χ2v) is 10.3. The molecule has 1 saturated heterocycles. The SMILES string of the molecule is Cc1ncc(-c2ccc(NC(=O)C3CCN(S(=O)(=O)c4cc(Cl)ccc4Cl)CC3)cc2)o1. The van der Waals surface area contributed by atoms with Gasteiger partial charge in [0.15, 0.2) is 11.7 Å². The third-order valence-electron chi connectivity index (χ3n) is 5.39. The molecule has 7 nitrogen and oxygen atoms in total. The molecule has 1 amide bonds. The second kappa shape index (κ2) is 9.23. The van der Waals surface area contributed by atoms with E-state index in [1.165, 1.54) is 16.4 Å². The molecule has 0 radical (unpaired) electrons. The van der Waals surface area contributed by atoms with Gasteiger partial charge in [0.2, 0.25) is 15.9 Å². The highest BCUT2D eigenvalue weighted by Crippen LogP contribution is 2.31. The number of amides is 1. The van der Waals surface area contributed by atoms with Crippen molar-refractivity contribution in [3.63, 3.8) is 0 Å². The average molecular weight is 494 g/mol. The average Bonchev–Trinajstić information content (AvgIpc) is 3.22. The zero-order valence-electron chi connectivity index (χ0n) is 17.2. The fourth-order valence-electron chi connectivity index (χ4n) is 3.63. The summed E-state index contributed by atoms with van der Waals surface area (Å²) < 4.78 is 32.7. The molecule has 3 aromatic rings. The van der Waals surface area contributed by atoms with Crippen molar-refractivity contribution in [1.29, 1.82) is 0 Å². The summed E-state index contributed by atoms with van der Waals surface area (Å²) >= 11 is 12.0. The van der Waals surface area contributed by atoms with Gasteiger partial charge in [0, 0.05) is 42.2 Å². The number of sulfonamides is 1. The van der Waals surface area contributed by atoms with Crippen molar-refractivity contribution in [3.8, 4) is 11.3 Å². The summed E-state index contributed by atoms with van der Waals surface area (Å²) in [5.74, 6) is 0.830. The van der Waals surface area contributed by atoms with E-state index in [-0.39, 0.29) is 34.8 Å². The maximum atomic E-state index is 12.9. The van der Waals surface area contributed by atoms with Crippen LogP contribution in [-0.2, 0) is 14.8 Å². The smallest absolute Gasteiger partial charge is 0.244 e. The van der Waals surface area contributed by atoms with E-state index in [2.05, 4.69) is 10.3 Å². The minimum Gasteiger partial charge on any atom is -0.441 e. The molecule has 168 valence electrons. The van der Waals surface area contributed by atoms with Crippen LogP contribution in [-0.4, -0.2) is 36.7 Å². The molecule has 1 aromatic heterocycles. The van der Waals surface area contributed by atoms with E-state index in [4.69, 9.17) is 27.6 Å². The van der Waals surface area contributed by atoms with Crippen molar-refractivity contribution in [1.82, 2.24) is 9.29 Å². The fourth-order valence-corrected chi connectivity index (χ4v) is 5.84. The Morgan fingerprint density at radius 3 is 2.44 bits per heavy atom. The number of oxazole rings is 1. The van der Waals surface area contributed by atoms with Crippen molar-refractivity contribution in [2.24, 2.45) is 5.92 Å². The first-order chi connectivity index (χ1) is 15.2. The van der Waals surface area contributed by atoms with Crippen LogP contribution in [0.4, 0.5) is 5.69 Å². The number of aromatic nitrogens is 1. The molecular formula is C22H21Cl2N3O4S. The molecule has 0 unspecified atom stereocenters. The first-order valence-electron chi connectivity index (χ1n) is 10.0. The largest absolute Gasteiger partial charge is 0.441 e. The van der Waals surface area contributed by atoms with Crippen molar-refractivity contribution in [3.05, 3.63) is 64.6 Å². The van der Waals surface area contributed by atoms with Gasteiger partial charge >= 0.3 is 0 Å². The van der Waals surface area contributed by atoms with E-state index >= 15 is 0 Å². The molecule has 0 bridgehead atoms. The van der Waals surface area contributed by atoms with Crippen LogP contribution >= 0.6 is 23.2 Å². The summed E-state index contributed by atoms with van der Waals surface area (Å²) in [6.45, 7) is 2.23. The lowest BCUT2D eigenvalue weighted by molar-refractivity contribution is -0.120. The molecular weight excluding hydrogens is 473 g/mol. The predicted octanol–water partition coefficient (Wildman–Crippen LogP) is 5.00. The third-order valence-corrected chi connectivity index (χ3v) is 8.01. The molecule has 1 N–H and O–H groups in total. The number of nitrogens with one attached hydrogen (secondary N) is 1. The maximum Gasteiger partial charge on any atom is 0.244 e. The zero-order valence-corrected chi connectivity index (χ0v) is 19.5. The number of piperidine rings is 1. The molecule has 0 atom stereocenters. The van der Waals surface area contributed by atoms with Crippen molar-refractivity contribution >= 4 is 44.8 Å². The number of anilines is 1. The van der Waals surface area contributed by atoms with Crippen LogP contribution in [0.3, 0.4) is 0 Å². The highest BCUT2D eigenvalue weighted by atomic mass is 35.5. The number of hydrogen-bond acceptors (Lipinski definition) is 5. The Morgan fingerprint density at radius 1 is 1.12 bits per heavy atom. The van der Waals surface area contributed by atoms with Gasteiger partial charge < -0.3 is 9.73 Å². The number of halogens is 2. The van der Waals surface area contributed by atoms with Crippen LogP contribution in [0.2, 0.25) is 10.0 Å². The minimum atomic E-state index is -3.78. The number of nitrogens with zero attached hydrogens (tertiary/aromatic N) is 2. The first-order valence-corrected chi connectivity index (χ1v) is 12.2. The quantitative estimate of drug-likeness (QED) is 0.539. The molecule has 32 heavy (non-hydrogen) atoms. The number of aryl methyl sites for hydroxylation is 1. The summed E-state index contributed by atoms with van der Waals surface area (Å²) in [6, 6.07) is 11.6. The van der Waals surface area contributed by atoms with Crippen LogP contribution < -0.4 is 5.32 Å². The van der Waals surface area contributed by atoms with E-state index in [0.29, 0.717) is 35.2 Å². The van der Waals surface area contributed by atoms with Crippen LogP contribution in [0.1, 0.15) is 18.7 Å². The molecule has 10 heteroatoms. The molecule has 1 fully saturated rings. The maximum absolute atomic E-state index is 12.9. The second-order valence-electron chi connectivity index (χ2n) is 7.56. The van der Waals surface area contributed by atoms with E-state index < -0.39 is 10.0 Å². The van der Waals surface area contributed by atoms with Gasteiger partial charge in [0.25, 0.3) is 0 Å². The van der Waals surface area contributed by atoms with Gasteiger partial charge in [-0.2, -0.15) is 4.31 Å². The number of carbonyl (C=O) groups is 1. The van der Waals surface area contributed by atoms with Crippen LogP contribution in [0.5, 0.6) is 0 Å². The molecule has 0 aliphatic carbocycles. The summed E-state index contributed by atoms with van der Waals surface area (Å²) in [5.41, 5.74) is 1.53. The highest BCUT2D eigenvalue weighted by molar-refractivity contribution is 7.89. The Kier molecular flexibility index (Phi) is 6.57. The number of rotatable bonds is 5. The Labute approximate surface area is 196 Å². The van der Waals surface area contributed by atoms with Crippen molar-refractivity contribution in [2.75, 3.05) is 18.4 Å². The Balaban J connectivity index is 1.37. The fraction of sp³-hybridized carbons (Fsp3) is 0.273. The lowest BCUT2D eigenvalue weighted by atomic mass is 9.97. The van der Waals surface area contributed by atoms with Gasteiger partial charge in [-0.25, -0.2) is 13.4 Å². The van der Waals surface area contributed by atoms with E-state index in [1.54, 1.807) is 31.3 Å². The van der Waals surface area contributed by atoms with Gasteiger partial charge in [-0.15, -0.1) is 0 Å². The van der Waals surface area contributed by atoms with E-state index in [9.17, 15) is 13.2 Å². The number of carbonyl (C=O) groups excluding carboxylic acids is 1. The predicted molar refractivity (Wildman–Crippen MR) is 123 cm³/mol. The van der Waals surface area contributed by atoms with E-state index in [1.807, 2.05) is 12.1 Å². The van der Waals surface area contributed by atoms with E-state index in [0.717, 1.165) is 5.56 Å². The summed E-state index contributed by atoms with van der Waals surface area (Å²) in [4.78, 5) is 16.8. The summed E-state index contributed by atoms with van der Waals surface area (Å²) in [6.07, 6.45) is 2.48. The Bertz CT molecular complexity index is 1230. The van der Waals surface area contributed by atoms with Gasteiger partial charge in [-0.3, -0.25) is 4.79 Å². The Hall–Kier alpha value is -2.39. The molecule has 2 heterocycles. The topological polar surface area (TPSA) is 92.5 Å². The number of benzene rings is 2. The van der Waals surface area contributed by atoms with Gasteiger partial charge in [-0.1, -0.05) is 23.2 Å². The molecule has 0 spiro atoms. The highest BCUT2D eigenvalue weighted by Gasteiger charge is 2.33. The van der Waals surface area contributed by atoms with Crippen molar-refractivity contribution < 1.29 is 17.6 Å². The minimum absolute atomic E-state index is 0.0170. The third kappa shape index (κ3) is 4.83. The van der Waals surface area contributed by atoms with Crippen LogP contribution in [0.15, 0.2) is 58.0 Å². The monoisotopic (exact) mass is 493 g/mol. The lowest BCUT2D eigenvalue weighted by Crippen LogP contribution is -2.41. The normalized spacial score (nSPS) is 15.6. The standard InChI is InChI=1S/C22H21Cl2N3O4S/c1-14-25-13-20(31-14)15-2-5-18(6-3-15)26-22(28)16-8-10-27(11-9-16)32(29,30)21-12-17(23)4-7-19(21)24/h2-7,12-13,16H,8-11H2,1H3,(H,26,28). The first kappa shape index (κ1) is 22.8. The van der Waals surface area contributed by atoms with Gasteiger partial charge in [0.05, 0.1) is 11.2 Å². The lowest BCUT2D eigenvalue weighted by Gasteiger charge is -2.30. The summed E-state index contributed by atoms with van der Waals surface area (Å²) in [7, 11) is -3.78. The van der Waals surface area contributed by atoms with Crippen molar-refractivity contribution in [2.45, 2.75) is 24.7 Å². The van der Waals surface area contributed by atoms with Gasteiger partial charge in [-0.05, 0) is 55.3 Å². The van der Waals surface area contributed by atoms with Crippen LogP contribution in [0, 0.1) is 12.8 Å². The number of hydrogen-bond donors (Lipinski definition) is 1. The zero-order chi connectivity index (χ0) is 22.9. The molecule has 1 aliphatic rings. The Morgan fingerprint density at radius 2 is 1.81 bits per heavy atom. The molecule has 0 saturated carbocycles. The summed E-state index contributed by atoms with van der Waals surface area (Å²) in [5, 5.41) is 3.33. The molecule has 1 aliphatic heterocycles. The van der Waals surface area contributed by atoms with Crippen LogP contribution in [0.25, 0.3) is 11.3 Å². The molecule has 2 aromatic carbocycles. The van der Waals surface area contributed by atoms with Gasteiger partial charge in [0.1, 0.15) is 4.90 Å².